The summed E-state index contributed by atoms with van der Waals surface area (Å²) >= 11 is 0. The predicted molar refractivity (Wildman–Crippen MR) is 75.2 cm³/mol. The molecule has 0 radical (unpaired) electrons. The van der Waals surface area contributed by atoms with Crippen LogP contribution in [-0.2, 0) is 9.53 Å². The number of carbonyl (C=O) groups excluding carboxylic acids is 1. The highest BCUT2D eigenvalue weighted by Crippen LogP contribution is 2.12. The molecule has 1 atom stereocenters. The van der Waals surface area contributed by atoms with E-state index in [1.807, 2.05) is 20.8 Å². The van der Waals surface area contributed by atoms with E-state index >= 15 is 0 Å². The van der Waals surface area contributed by atoms with Gasteiger partial charge in [0, 0.05) is 0 Å². The summed E-state index contributed by atoms with van der Waals surface area (Å²) in [6.45, 7) is 6.35. The third kappa shape index (κ3) is 10.5. The number of nitrogens with two attached hydrogens (primary N) is 2. The maximum atomic E-state index is 11.6. The van der Waals surface area contributed by atoms with Crippen molar-refractivity contribution in [3.05, 3.63) is 0 Å². The summed E-state index contributed by atoms with van der Waals surface area (Å²) in [6.07, 6.45) is 7.56. The van der Waals surface area contributed by atoms with Crippen LogP contribution in [0.15, 0.2) is 0 Å². The molecule has 0 saturated carbocycles. The Morgan fingerprint density at radius 2 is 1.56 bits per heavy atom. The standard InChI is InChI=1S/C14H30N2O2/c1-14(2,3)18-13(17)12(16)10-8-6-4-5-7-9-11-15/h12H,4-11,15-16H2,1-3H3/t12-/m0/s1. The number of hydrogen-bond donors (Lipinski definition) is 2. The van der Waals surface area contributed by atoms with Crippen LogP contribution in [-0.4, -0.2) is 24.2 Å². The van der Waals surface area contributed by atoms with Crippen LogP contribution in [0.2, 0.25) is 0 Å². The third-order valence-electron chi connectivity index (χ3n) is 2.68. The second-order valence-corrected chi connectivity index (χ2v) is 5.84. The van der Waals surface area contributed by atoms with Crippen molar-refractivity contribution in [2.75, 3.05) is 6.54 Å². The Morgan fingerprint density at radius 3 is 2.06 bits per heavy atom. The van der Waals surface area contributed by atoms with Crippen molar-refractivity contribution in [3.63, 3.8) is 0 Å². The lowest BCUT2D eigenvalue weighted by molar-refractivity contribution is -0.156. The Morgan fingerprint density at radius 1 is 1.06 bits per heavy atom. The van der Waals surface area contributed by atoms with E-state index in [0.29, 0.717) is 6.42 Å². The van der Waals surface area contributed by atoms with Gasteiger partial charge in [0.15, 0.2) is 0 Å². The molecule has 4 N–H and O–H groups in total. The van der Waals surface area contributed by atoms with E-state index in [-0.39, 0.29) is 5.97 Å². The minimum atomic E-state index is -0.478. The molecule has 0 aromatic carbocycles. The van der Waals surface area contributed by atoms with E-state index in [0.717, 1.165) is 25.8 Å². The highest BCUT2D eigenvalue weighted by molar-refractivity contribution is 5.75. The van der Waals surface area contributed by atoms with Crippen molar-refractivity contribution in [1.82, 2.24) is 0 Å². The molecule has 0 fully saturated rings. The van der Waals surface area contributed by atoms with E-state index in [4.69, 9.17) is 16.2 Å². The van der Waals surface area contributed by atoms with Crippen LogP contribution >= 0.6 is 0 Å². The van der Waals surface area contributed by atoms with Crippen molar-refractivity contribution in [3.8, 4) is 0 Å². The van der Waals surface area contributed by atoms with Crippen LogP contribution in [0.5, 0.6) is 0 Å². The molecule has 4 heteroatoms. The predicted octanol–water partition coefficient (Wildman–Crippen LogP) is 2.34. The zero-order valence-corrected chi connectivity index (χ0v) is 12.2. The molecule has 0 spiro atoms. The molecule has 0 aromatic heterocycles. The van der Waals surface area contributed by atoms with Crippen LogP contribution in [0.4, 0.5) is 0 Å². The molecule has 18 heavy (non-hydrogen) atoms. The molecular formula is C14H30N2O2. The lowest BCUT2D eigenvalue weighted by atomic mass is 10.1. The molecule has 108 valence electrons. The highest BCUT2D eigenvalue weighted by atomic mass is 16.6. The van der Waals surface area contributed by atoms with Gasteiger partial charge in [-0.3, -0.25) is 4.79 Å². The van der Waals surface area contributed by atoms with Crippen molar-refractivity contribution in [2.24, 2.45) is 11.5 Å². The largest absolute Gasteiger partial charge is 0.459 e. The molecule has 0 aliphatic carbocycles. The molecule has 0 aliphatic heterocycles. The molecule has 0 aliphatic rings. The zero-order valence-electron chi connectivity index (χ0n) is 12.2. The Kier molecular flexibility index (Phi) is 9.02. The van der Waals surface area contributed by atoms with Crippen LogP contribution in [0.3, 0.4) is 0 Å². The van der Waals surface area contributed by atoms with Gasteiger partial charge >= 0.3 is 5.97 Å². The molecule has 0 saturated heterocycles. The number of ether oxygens (including phenoxy) is 1. The number of rotatable bonds is 9. The quantitative estimate of drug-likeness (QED) is 0.491. The van der Waals surface area contributed by atoms with E-state index in [1.165, 1.54) is 19.3 Å². The number of hydrogen-bond acceptors (Lipinski definition) is 4. The van der Waals surface area contributed by atoms with Gasteiger partial charge in [-0.05, 0) is 40.2 Å². The lowest BCUT2D eigenvalue weighted by Crippen LogP contribution is -2.37. The Hall–Kier alpha value is -0.610. The lowest BCUT2D eigenvalue weighted by Gasteiger charge is -2.22. The van der Waals surface area contributed by atoms with Gasteiger partial charge in [-0.15, -0.1) is 0 Å². The molecule has 0 heterocycles. The first-order chi connectivity index (χ1) is 8.37. The van der Waals surface area contributed by atoms with Crippen LogP contribution in [0.1, 0.15) is 65.7 Å². The maximum Gasteiger partial charge on any atom is 0.323 e. The van der Waals surface area contributed by atoms with Crippen LogP contribution in [0.25, 0.3) is 0 Å². The van der Waals surface area contributed by atoms with Gasteiger partial charge in [-0.2, -0.15) is 0 Å². The first kappa shape index (κ1) is 17.4. The SMILES string of the molecule is CC(C)(C)OC(=O)[C@@H](N)CCCCCCCCN. The minimum Gasteiger partial charge on any atom is -0.459 e. The summed E-state index contributed by atoms with van der Waals surface area (Å²) in [5.74, 6) is -0.286. The molecule has 0 amide bonds. The summed E-state index contributed by atoms with van der Waals surface area (Å²) in [4.78, 5) is 11.6. The molecule has 0 aromatic rings. The van der Waals surface area contributed by atoms with E-state index in [2.05, 4.69) is 0 Å². The van der Waals surface area contributed by atoms with Gasteiger partial charge in [-0.25, -0.2) is 0 Å². The van der Waals surface area contributed by atoms with Gasteiger partial charge in [0.1, 0.15) is 11.6 Å². The zero-order chi connectivity index (χ0) is 14.0. The van der Waals surface area contributed by atoms with Gasteiger partial charge in [0.05, 0.1) is 0 Å². The summed E-state index contributed by atoms with van der Waals surface area (Å²) in [6, 6.07) is -0.478. The van der Waals surface area contributed by atoms with E-state index in [9.17, 15) is 4.79 Å². The molecular weight excluding hydrogens is 228 g/mol. The minimum absolute atomic E-state index is 0.286. The summed E-state index contributed by atoms with van der Waals surface area (Å²) in [5.41, 5.74) is 10.8. The highest BCUT2D eigenvalue weighted by Gasteiger charge is 2.21. The third-order valence-corrected chi connectivity index (χ3v) is 2.68. The second kappa shape index (κ2) is 9.34. The average molecular weight is 258 g/mol. The first-order valence-corrected chi connectivity index (χ1v) is 7.05. The number of esters is 1. The van der Waals surface area contributed by atoms with Crippen LogP contribution < -0.4 is 11.5 Å². The van der Waals surface area contributed by atoms with Crippen molar-refractivity contribution >= 4 is 5.97 Å². The molecule has 0 rings (SSSR count). The fourth-order valence-corrected chi connectivity index (χ4v) is 1.71. The number of carbonyl (C=O) groups is 1. The molecule has 4 nitrogen and oxygen atoms in total. The van der Waals surface area contributed by atoms with Crippen molar-refractivity contribution in [1.29, 1.82) is 0 Å². The van der Waals surface area contributed by atoms with E-state index in [1.54, 1.807) is 0 Å². The second-order valence-electron chi connectivity index (χ2n) is 5.84. The van der Waals surface area contributed by atoms with Crippen molar-refractivity contribution < 1.29 is 9.53 Å². The molecule has 0 bridgehead atoms. The maximum absolute atomic E-state index is 11.6. The molecule has 0 unspecified atom stereocenters. The average Bonchev–Trinajstić information content (AvgIpc) is 2.25. The van der Waals surface area contributed by atoms with E-state index < -0.39 is 11.6 Å². The smallest absolute Gasteiger partial charge is 0.323 e. The Labute approximate surface area is 111 Å². The van der Waals surface area contributed by atoms with Gasteiger partial charge in [0.2, 0.25) is 0 Å². The number of unbranched alkanes of at least 4 members (excludes halogenated alkanes) is 5. The monoisotopic (exact) mass is 258 g/mol. The topological polar surface area (TPSA) is 78.3 Å². The fourth-order valence-electron chi connectivity index (χ4n) is 1.71. The van der Waals surface area contributed by atoms with Crippen molar-refractivity contribution in [2.45, 2.75) is 77.4 Å². The van der Waals surface area contributed by atoms with Gasteiger partial charge in [-0.1, -0.05) is 32.1 Å². The van der Waals surface area contributed by atoms with Crippen LogP contribution in [0, 0.1) is 0 Å². The fraction of sp³-hybridized carbons (Fsp3) is 0.929. The van der Waals surface area contributed by atoms with Gasteiger partial charge in [0.25, 0.3) is 0 Å². The summed E-state index contributed by atoms with van der Waals surface area (Å²) in [5, 5.41) is 0. The summed E-state index contributed by atoms with van der Waals surface area (Å²) < 4.78 is 5.23. The summed E-state index contributed by atoms with van der Waals surface area (Å²) in [7, 11) is 0. The Bertz CT molecular complexity index is 224. The Balaban J connectivity index is 3.52. The first-order valence-electron chi connectivity index (χ1n) is 7.05. The van der Waals surface area contributed by atoms with Gasteiger partial charge < -0.3 is 16.2 Å². The normalized spacial score (nSPS) is 13.4.